The summed E-state index contributed by atoms with van der Waals surface area (Å²) >= 11 is 0. The van der Waals surface area contributed by atoms with Gasteiger partial charge in [0, 0.05) is 12.6 Å². The summed E-state index contributed by atoms with van der Waals surface area (Å²) in [5.41, 5.74) is 0. The Morgan fingerprint density at radius 2 is 1.95 bits per heavy atom. The van der Waals surface area contributed by atoms with Crippen LogP contribution in [0.25, 0.3) is 0 Å². The van der Waals surface area contributed by atoms with E-state index in [1.165, 1.54) is 25.7 Å². The maximum Gasteiger partial charge on any atom is 0.310 e. The van der Waals surface area contributed by atoms with Crippen LogP contribution in [0.5, 0.6) is 0 Å². The summed E-state index contributed by atoms with van der Waals surface area (Å²) in [7, 11) is 0. The summed E-state index contributed by atoms with van der Waals surface area (Å²) in [6.07, 6.45) is 6.33. The third kappa shape index (κ3) is 3.95. The third-order valence-electron chi connectivity index (χ3n) is 4.98. The molecule has 2 aliphatic rings. The van der Waals surface area contributed by atoms with E-state index in [4.69, 9.17) is 4.74 Å². The second-order valence-electron chi connectivity index (χ2n) is 6.67. The molecule has 2 atom stereocenters. The zero-order valence-corrected chi connectivity index (χ0v) is 12.9. The highest BCUT2D eigenvalue weighted by atomic mass is 16.5. The highest BCUT2D eigenvalue weighted by molar-refractivity contribution is 5.71. The number of hydrogen-bond donors (Lipinski definition) is 1. The molecule has 0 radical (unpaired) electrons. The quantitative estimate of drug-likeness (QED) is 0.814. The molecule has 20 heavy (non-hydrogen) atoms. The van der Waals surface area contributed by atoms with Crippen molar-refractivity contribution in [2.24, 2.45) is 17.8 Å². The van der Waals surface area contributed by atoms with E-state index in [9.17, 15) is 9.90 Å². The van der Waals surface area contributed by atoms with Gasteiger partial charge in [-0.25, -0.2) is 0 Å². The molecular weight excluding hydrogens is 254 g/mol. The largest absolute Gasteiger partial charge is 0.481 e. The van der Waals surface area contributed by atoms with Gasteiger partial charge < -0.3 is 9.84 Å². The highest BCUT2D eigenvalue weighted by Crippen LogP contribution is 2.30. The van der Waals surface area contributed by atoms with Crippen LogP contribution in [-0.2, 0) is 9.53 Å². The molecule has 1 saturated carbocycles. The van der Waals surface area contributed by atoms with E-state index in [1.54, 1.807) is 0 Å². The van der Waals surface area contributed by atoms with Crippen molar-refractivity contribution in [2.45, 2.75) is 52.0 Å². The molecule has 4 heteroatoms. The van der Waals surface area contributed by atoms with Crippen LogP contribution in [0.2, 0.25) is 0 Å². The Balaban J connectivity index is 1.94. The normalized spacial score (nSPS) is 34.5. The fraction of sp³-hybridized carbons (Fsp3) is 0.938. The molecule has 0 amide bonds. The van der Waals surface area contributed by atoms with E-state index in [-0.39, 0.29) is 12.0 Å². The van der Waals surface area contributed by atoms with Crippen LogP contribution in [-0.4, -0.2) is 48.3 Å². The number of nitrogens with zero attached hydrogens (tertiary/aromatic N) is 1. The molecule has 0 aromatic carbocycles. The molecule has 0 aromatic heterocycles. The third-order valence-corrected chi connectivity index (χ3v) is 4.98. The first-order valence-electron chi connectivity index (χ1n) is 8.16. The van der Waals surface area contributed by atoms with Crippen LogP contribution in [0.1, 0.15) is 46.0 Å². The van der Waals surface area contributed by atoms with Crippen LogP contribution < -0.4 is 0 Å². The molecule has 1 saturated heterocycles. The van der Waals surface area contributed by atoms with Gasteiger partial charge >= 0.3 is 5.97 Å². The standard InChI is InChI=1S/C16H29NO3/c1-3-8-17(9-13-6-4-12(2)5-7-13)15-11-20-10-14(15)16(18)19/h12-15H,3-11H2,1-2H3,(H,18,19). The van der Waals surface area contributed by atoms with Crippen molar-refractivity contribution in [3.63, 3.8) is 0 Å². The van der Waals surface area contributed by atoms with Gasteiger partial charge in [0.1, 0.15) is 0 Å². The Hall–Kier alpha value is -0.610. The zero-order valence-electron chi connectivity index (χ0n) is 12.9. The van der Waals surface area contributed by atoms with Crippen LogP contribution in [0.3, 0.4) is 0 Å². The first-order chi connectivity index (χ1) is 9.61. The summed E-state index contributed by atoms with van der Waals surface area (Å²) in [6.45, 7) is 7.51. The number of carboxylic acid groups (broad SMARTS) is 1. The van der Waals surface area contributed by atoms with Gasteiger partial charge in [-0.3, -0.25) is 9.69 Å². The average molecular weight is 283 g/mol. The van der Waals surface area contributed by atoms with Gasteiger partial charge in [0.15, 0.2) is 0 Å². The minimum absolute atomic E-state index is 0.0757. The average Bonchev–Trinajstić information content (AvgIpc) is 2.90. The van der Waals surface area contributed by atoms with Crippen molar-refractivity contribution in [1.82, 2.24) is 4.90 Å². The number of ether oxygens (including phenoxy) is 1. The van der Waals surface area contributed by atoms with E-state index in [0.29, 0.717) is 13.2 Å². The summed E-state index contributed by atoms with van der Waals surface area (Å²) < 4.78 is 5.44. The molecule has 0 spiro atoms. The number of aliphatic carboxylic acids is 1. The van der Waals surface area contributed by atoms with Gasteiger partial charge in [-0.1, -0.05) is 26.7 Å². The lowest BCUT2D eigenvalue weighted by Crippen LogP contribution is -2.46. The molecular formula is C16H29NO3. The van der Waals surface area contributed by atoms with Gasteiger partial charge in [0.25, 0.3) is 0 Å². The van der Waals surface area contributed by atoms with Gasteiger partial charge in [-0.15, -0.1) is 0 Å². The SMILES string of the molecule is CCCN(CC1CCC(C)CC1)C1COCC1C(=O)O. The second kappa shape index (κ2) is 7.41. The van der Waals surface area contributed by atoms with Crippen molar-refractivity contribution in [2.75, 3.05) is 26.3 Å². The highest BCUT2D eigenvalue weighted by Gasteiger charge is 2.38. The molecule has 4 nitrogen and oxygen atoms in total. The lowest BCUT2D eigenvalue weighted by molar-refractivity contribution is -0.143. The predicted octanol–water partition coefficient (Wildman–Crippen LogP) is 2.62. The summed E-state index contributed by atoms with van der Waals surface area (Å²) in [5, 5.41) is 9.33. The number of rotatable bonds is 6. The number of carbonyl (C=O) groups is 1. The van der Waals surface area contributed by atoms with Crippen molar-refractivity contribution < 1.29 is 14.6 Å². The molecule has 1 aliphatic heterocycles. The monoisotopic (exact) mass is 283 g/mol. The van der Waals surface area contributed by atoms with Gasteiger partial charge in [-0.2, -0.15) is 0 Å². The topological polar surface area (TPSA) is 49.8 Å². The molecule has 1 aliphatic carbocycles. The molecule has 1 N–H and O–H groups in total. The Morgan fingerprint density at radius 1 is 1.25 bits per heavy atom. The lowest BCUT2D eigenvalue weighted by atomic mass is 9.82. The fourth-order valence-corrected chi connectivity index (χ4v) is 3.66. The van der Waals surface area contributed by atoms with Crippen LogP contribution in [0, 0.1) is 17.8 Å². The predicted molar refractivity (Wildman–Crippen MR) is 78.7 cm³/mol. The van der Waals surface area contributed by atoms with Crippen LogP contribution in [0.4, 0.5) is 0 Å². The van der Waals surface area contributed by atoms with Gasteiger partial charge in [-0.05, 0) is 37.6 Å². The molecule has 1 heterocycles. The summed E-state index contributed by atoms with van der Waals surface area (Å²) in [5.74, 6) is 0.565. The van der Waals surface area contributed by atoms with Crippen LogP contribution in [0.15, 0.2) is 0 Å². The van der Waals surface area contributed by atoms with Gasteiger partial charge in [0.2, 0.25) is 0 Å². The second-order valence-corrected chi connectivity index (χ2v) is 6.67. The number of hydrogen-bond acceptors (Lipinski definition) is 3. The molecule has 2 unspecified atom stereocenters. The Labute approximate surface area is 122 Å². The maximum atomic E-state index is 11.3. The Bertz CT molecular complexity index is 313. The van der Waals surface area contributed by atoms with E-state index in [1.807, 2.05) is 0 Å². The lowest BCUT2D eigenvalue weighted by Gasteiger charge is -2.35. The first kappa shape index (κ1) is 15.8. The Kier molecular flexibility index (Phi) is 5.85. The van der Waals surface area contributed by atoms with Crippen molar-refractivity contribution in [3.05, 3.63) is 0 Å². The molecule has 116 valence electrons. The van der Waals surface area contributed by atoms with Crippen LogP contribution >= 0.6 is 0 Å². The molecule has 2 fully saturated rings. The first-order valence-corrected chi connectivity index (χ1v) is 8.16. The van der Waals surface area contributed by atoms with E-state index >= 15 is 0 Å². The van der Waals surface area contributed by atoms with Crippen molar-refractivity contribution in [3.8, 4) is 0 Å². The van der Waals surface area contributed by atoms with Crippen molar-refractivity contribution >= 4 is 5.97 Å². The van der Waals surface area contributed by atoms with Crippen molar-refractivity contribution in [1.29, 1.82) is 0 Å². The minimum Gasteiger partial charge on any atom is -0.481 e. The molecule has 0 bridgehead atoms. The molecule has 2 rings (SSSR count). The van der Waals surface area contributed by atoms with Gasteiger partial charge in [0.05, 0.1) is 19.1 Å². The smallest absolute Gasteiger partial charge is 0.310 e. The summed E-state index contributed by atoms with van der Waals surface area (Å²) in [4.78, 5) is 13.7. The molecule has 0 aromatic rings. The van der Waals surface area contributed by atoms with E-state index in [2.05, 4.69) is 18.7 Å². The van der Waals surface area contributed by atoms with E-state index < -0.39 is 5.97 Å². The minimum atomic E-state index is -0.703. The number of carboxylic acids is 1. The van der Waals surface area contributed by atoms with E-state index in [0.717, 1.165) is 31.3 Å². The zero-order chi connectivity index (χ0) is 14.5. The summed E-state index contributed by atoms with van der Waals surface area (Å²) in [6, 6.07) is 0.0757. The fourth-order valence-electron chi connectivity index (χ4n) is 3.66. The maximum absolute atomic E-state index is 11.3. The Morgan fingerprint density at radius 3 is 2.55 bits per heavy atom.